The molecular weight excluding hydrogens is 214 g/mol. The van der Waals surface area contributed by atoms with Gasteiger partial charge in [0.1, 0.15) is 11.5 Å². The molecule has 0 saturated carbocycles. The van der Waals surface area contributed by atoms with Crippen LogP contribution in [0.15, 0.2) is 24.0 Å². The molecule has 0 radical (unpaired) electrons. The maximum atomic E-state index is 10.7. The van der Waals surface area contributed by atoms with Gasteiger partial charge in [0.15, 0.2) is 0 Å². The van der Waals surface area contributed by atoms with E-state index in [1.165, 1.54) is 0 Å². The highest BCUT2D eigenvalue weighted by molar-refractivity contribution is 5.77. The van der Waals surface area contributed by atoms with Crippen LogP contribution in [0.3, 0.4) is 0 Å². The first-order chi connectivity index (χ1) is 8.10. The summed E-state index contributed by atoms with van der Waals surface area (Å²) >= 11 is 0. The van der Waals surface area contributed by atoms with Crippen LogP contribution in [0.1, 0.15) is 47.5 Å². The van der Waals surface area contributed by atoms with Gasteiger partial charge in [-0.3, -0.25) is 4.79 Å². The number of carbonyl (C=O) groups excluding carboxylic acids is 1. The lowest BCUT2D eigenvalue weighted by Crippen LogP contribution is -2.13. The monoisotopic (exact) mass is 241 g/mol. The minimum absolute atomic E-state index is 0.114. The van der Waals surface area contributed by atoms with Gasteiger partial charge in [-0.05, 0) is 45.9 Å². The number of hydrogen-bond acceptors (Lipinski definition) is 3. The quantitative estimate of drug-likeness (QED) is 0.550. The Kier molecular flexibility index (Phi) is 14.0. The smallest absolute Gasteiger partial charge is 0.133 e. The van der Waals surface area contributed by atoms with Crippen molar-refractivity contribution in [1.29, 1.82) is 0 Å². The minimum Gasteiger partial charge on any atom is -0.491 e. The Morgan fingerprint density at radius 3 is 2.41 bits per heavy atom. The summed E-state index contributed by atoms with van der Waals surface area (Å²) in [5, 5.41) is 0. The lowest BCUT2D eigenvalue weighted by molar-refractivity contribution is -0.116. The molecule has 0 rings (SSSR count). The van der Waals surface area contributed by atoms with Crippen LogP contribution in [0, 0.1) is 0 Å². The Labute approximate surface area is 106 Å². The predicted molar refractivity (Wildman–Crippen MR) is 73.8 cm³/mol. The van der Waals surface area contributed by atoms with E-state index in [-0.39, 0.29) is 11.9 Å². The molecule has 0 fully saturated rings. The topological polar surface area (TPSA) is 52.3 Å². The summed E-state index contributed by atoms with van der Waals surface area (Å²) in [4.78, 5) is 10.7. The summed E-state index contributed by atoms with van der Waals surface area (Å²) in [5.41, 5.74) is 5.42. The number of carbonyl (C=O) groups is 1. The molecule has 1 unspecified atom stereocenters. The number of nitrogens with two attached hydrogens (primary N) is 1. The van der Waals surface area contributed by atoms with Crippen molar-refractivity contribution < 1.29 is 9.53 Å². The van der Waals surface area contributed by atoms with Crippen molar-refractivity contribution in [2.24, 2.45) is 5.73 Å². The predicted octanol–water partition coefficient (Wildman–Crippen LogP) is 3.21. The number of ketones is 1. The van der Waals surface area contributed by atoms with Gasteiger partial charge in [0.2, 0.25) is 0 Å². The van der Waals surface area contributed by atoms with Gasteiger partial charge >= 0.3 is 0 Å². The van der Waals surface area contributed by atoms with Gasteiger partial charge in [0.25, 0.3) is 0 Å². The molecule has 3 nitrogen and oxygen atoms in total. The summed E-state index contributed by atoms with van der Waals surface area (Å²) < 4.78 is 5.60. The summed E-state index contributed by atoms with van der Waals surface area (Å²) in [6.45, 7) is 10.1. The minimum atomic E-state index is 0.114. The largest absolute Gasteiger partial charge is 0.491 e. The van der Waals surface area contributed by atoms with Gasteiger partial charge in [0, 0.05) is 6.42 Å². The Hall–Kier alpha value is -1.09. The molecule has 17 heavy (non-hydrogen) atoms. The molecule has 0 aromatic rings. The second kappa shape index (κ2) is 13.0. The number of rotatable bonds is 7. The van der Waals surface area contributed by atoms with Crippen molar-refractivity contribution in [1.82, 2.24) is 0 Å². The van der Waals surface area contributed by atoms with Crippen molar-refractivity contribution >= 4 is 5.78 Å². The van der Waals surface area contributed by atoms with Crippen LogP contribution in [0.5, 0.6) is 0 Å². The first-order valence-corrected chi connectivity index (χ1v) is 6.29. The number of allylic oxidation sites excluding steroid dienone is 3. The summed E-state index contributed by atoms with van der Waals surface area (Å²) in [5.74, 6) is 0.939. The third-order valence-corrected chi connectivity index (χ3v) is 1.88. The number of ether oxygens (including phenoxy) is 1. The Balaban J connectivity index is 0. The van der Waals surface area contributed by atoms with Gasteiger partial charge in [-0.1, -0.05) is 19.9 Å². The zero-order valence-electron chi connectivity index (χ0n) is 11.8. The molecule has 100 valence electrons. The summed E-state index contributed by atoms with van der Waals surface area (Å²) in [6, 6.07) is 0. The molecule has 0 aliphatic rings. The molecule has 1 atom stereocenters. The van der Waals surface area contributed by atoms with E-state index < -0.39 is 0 Å². The van der Waals surface area contributed by atoms with Crippen LogP contribution in [-0.4, -0.2) is 18.4 Å². The lowest BCUT2D eigenvalue weighted by atomic mass is 10.2. The fourth-order valence-corrected chi connectivity index (χ4v) is 1.07. The van der Waals surface area contributed by atoms with Gasteiger partial charge in [-0.15, -0.1) is 0 Å². The maximum Gasteiger partial charge on any atom is 0.133 e. The van der Waals surface area contributed by atoms with Gasteiger partial charge in [-0.25, -0.2) is 0 Å². The van der Waals surface area contributed by atoms with Gasteiger partial charge in [0.05, 0.1) is 6.10 Å². The van der Waals surface area contributed by atoms with Crippen LogP contribution in [-0.2, 0) is 9.53 Å². The van der Waals surface area contributed by atoms with E-state index in [2.05, 4.69) is 0 Å². The van der Waals surface area contributed by atoms with Gasteiger partial charge < -0.3 is 10.5 Å². The van der Waals surface area contributed by atoms with E-state index >= 15 is 0 Å². The zero-order chi connectivity index (χ0) is 13.7. The van der Waals surface area contributed by atoms with Crippen molar-refractivity contribution in [3.05, 3.63) is 24.0 Å². The SMILES string of the molecule is C/C=C(\C=C/CC(C)=O)OC(C)CCN.CC. The Morgan fingerprint density at radius 1 is 1.41 bits per heavy atom. The molecule has 0 saturated heterocycles. The molecular formula is C14H27NO2. The lowest BCUT2D eigenvalue weighted by Gasteiger charge is -2.14. The van der Waals surface area contributed by atoms with Crippen LogP contribution in [0.2, 0.25) is 0 Å². The van der Waals surface area contributed by atoms with Crippen molar-refractivity contribution in [2.75, 3.05) is 6.54 Å². The third-order valence-electron chi connectivity index (χ3n) is 1.88. The number of Topliss-reactive ketones (excluding diaryl/α,β-unsaturated/α-hetero) is 1. The van der Waals surface area contributed by atoms with Crippen molar-refractivity contribution in [3.63, 3.8) is 0 Å². The van der Waals surface area contributed by atoms with Crippen LogP contribution in [0.4, 0.5) is 0 Å². The normalized spacial score (nSPS) is 12.9. The van der Waals surface area contributed by atoms with Gasteiger partial charge in [-0.2, -0.15) is 0 Å². The average molecular weight is 241 g/mol. The van der Waals surface area contributed by atoms with E-state index in [0.29, 0.717) is 13.0 Å². The summed E-state index contributed by atoms with van der Waals surface area (Å²) in [6.07, 6.45) is 6.91. The molecule has 0 amide bonds. The molecule has 0 spiro atoms. The number of hydrogen-bond donors (Lipinski definition) is 1. The third kappa shape index (κ3) is 12.8. The van der Waals surface area contributed by atoms with E-state index in [9.17, 15) is 4.79 Å². The molecule has 0 aromatic heterocycles. The Bertz CT molecular complexity index is 245. The molecule has 0 bridgehead atoms. The molecule has 0 aromatic carbocycles. The molecule has 2 N–H and O–H groups in total. The fraction of sp³-hybridized carbons (Fsp3) is 0.643. The van der Waals surface area contributed by atoms with Crippen molar-refractivity contribution in [3.8, 4) is 0 Å². The average Bonchev–Trinajstić information content (AvgIpc) is 2.30. The van der Waals surface area contributed by atoms with Crippen LogP contribution < -0.4 is 5.73 Å². The van der Waals surface area contributed by atoms with Crippen LogP contribution >= 0.6 is 0 Å². The zero-order valence-corrected chi connectivity index (χ0v) is 11.8. The second-order valence-corrected chi connectivity index (χ2v) is 3.51. The first kappa shape index (κ1) is 18.3. The molecule has 0 aliphatic carbocycles. The van der Waals surface area contributed by atoms with E-state index in [0.717, 1.165) is 12.2 Å². The standard InChI is InChI=1S/C12H21NO2.C2H6/c1-4-12(7-5-6-10(2)14)15-11(3)8-9-13;1-2/h4-5,7,11H,6,8-9,13H2,1-3H3;1-2H3/b7-5-,12-4+;. The molecule has 0 aliphatic heterocycles. The van der Waals surface area contributed by atoms with E-state index in [1.54, 1.807) is 6.92 Å². The highest BCUT2D eigenvalue weighted by Gasteiger charge is 2.01. The van der Waals surface area contributed by atoms with Crippen molar-refractivity contribution in [2.45, 2.75) is 53.6 Å². The Morgan fingerprint density at radius 2 is 2.00 bits per heavy atom. The van der Waals surface area contributed by atoms with E-state index in [1.807, 2.05) is 45.9 Å². The molecule has 3 heteroatoms. The maximum absolute atomic E-state index is 10.7. The first-order valence-electron chi connectivity index (χ1n) is 6.29. The highest BCUT2D eigenvalue weighted by atomic mass is 16.5. The highest BCUT2D eigenvalue weighted by Crippen LogP contribution is 2.07. The van der Waals surface area contributed by atoms with Crippen LogP contribution in [0.25, 0.3) is 0 Å². The fourth-order valence-electron chi connectivity index (χ4n) is 1.07. The second-order valence-electron chi connectivity index (χ2n) is 3.51. The summed E-state index contributed by atoms with van der Waals surface area (Å²) in [7, 11) is 0. The van der Waals surface area contributed by atoms with E-state index in [4.69, 9.17) is 10.5 Å². The molecule has 0 heterocycles.